The summed E-state index contributed by atoms with van der Waals surface area (Å²) in [5.74, 6) is 1.01. The standard InChI is InChI=1S/C14H27N/c1-3-13(4-2)12-15-11-10-14-8-6-5-7-9-14/h12,14-15H,3-11H2,1-2H3. The highest BCUT2D eigenvalue weighted by molar-refractivity contribution is 4.98. The van der Waals surface area contributed by atoms with Crippen molar-refractivity contribution in [1.29, 1.82) is 0 Å². The summed E-state index contributed by atoms with van der Waals surface area (Å²) < 4.78 is 0. The maximum absolute atomic E-state index is 3.47. The van der Waals surface area contributed by atoms with Gasteiger partial charge in [0.25, 0.3) is 0 Å². The van der Waals surface area contributed by atoms with Crippen LogP contribution in [0, 0.1) is 5.92 Å². The molecule has 0 bridgehead atoms. The van der Waals surface area contributed by atoms with Crippen molar-refractivity contribution in [2.45, 2.75) is 65.2 Å². The number of nitrogens with one attached hydrogen (secondary N) is 1. The first kappa shape index (κ1) is 12.6. The predicted molar refractivity (Wildman–Crippen MR) is 67.9 cm³/mol. The van der Waals surface area contributed by atoms with E-state index < -0.39 is 0 Å². The first-order valence-electron chi connectivity index (χ1n) is 6.78. The molecule has 15 heavy (non-hydrogen) atoms. The average molecular weight is 209 g/mol. The Morgan fingerprint density at radius 1 is 1.13 bits per heavy atom. The molecule has 0 atom stereocenters. The lowest BCUT2D eigenvalue weighted by Gasteiger charge is -2.21. The molecule has 0 radical (unpaired) electrons. The molecule has 1 rings (SSSR count). The van der Waals surface area contributed by atoms with Crippen LogP contribution in [-0.4, -0.2) is 6.54 Å². The molecule has 0 aliphatic heterocycles. The Kier molecular flexibility index (Phi) is 6.54. The second-order valence-corrected chi connectivity index (χ2v) is 4.76. The van der Waals surface area contributed by atoms with Crippen LogP contribution in [0.2, 0.25) is 0 Å². The summed E-state index contributed by atoms with van der Waals surface area (Å²) in [6.07, 6.45) is 13.3. The van der Waals surface area contributed by atoms with E-state index in [4.69, 9.17) is 0 Å². The van der Waals surface area contributed by atoms with Gasteiger partial charge in [0.1, 0.15) is 0 Å². The second-order valence-electron chi connectivity index (χ2n) is 4.76. The van der Waals surface area contributed by atoms with Crippen LogP contribution < -0.4 is 5.32 Å². The van der Waals surface area contributed by atoms with Gasteiger partial charge in [0.05, 0.1) is 0 Å². The fraction of sp³-hybridized carbons (Fsp3) is 0.857. The highest BCUT2D eigenvalue weighted by atomic mass is 14.8. The summed E-state index contributed by atoms with van der Waals surface area (Å²) in [5.41, 5.74) is 1.54. The molecule has 1 heteroatoms. The Balaban J connectivity index is 2.07. The Morgan fingerprint density at radius 3 is 2.40 bits per heavy atom. The van der Waals surface area contributed by atoms with E-state index in [1.807, 2.05) is 0 Å². The summed E-state index contributed by atoms with van der Waals surface area (Å²) in [6.45, 7) is 5.64. The Bertz CT molecular complexity index is 172. The van der Waals surface area contributed by atoms with Crippen LogP contribution in [0.1, 0.15) is 65.2 Å². The molecular formula is C14H27N. The van der Waals surface area contributed by atoms with Gasteiger partial charge in [-0.05, 0) is 31.4 Å². The third-order valence-corrected chi connectivity index (χ3v) is 3.64. The Morgan fingerprint density at radius 2 is 1.80 bits per heavy atom. The molecule has 1 aliphatic carbocycles. The van der Waals surface area contributed by atoms with Gasteiger partial charge in [0.2, 0.25) is 0 Å². The number of rotatable bonds is 6. The predicted octanol–water partition coefficient (Wildman–Crippen LogP) is 4.25. The second kappa shape index (κ2) is 7.78. The number of hydrogen-bond acceptors (Lipinski definition) is 1. The van der Waals surface area contributed by atoms with Crippen LogP contribution in [0.15, 0.2) is 11.8 Å². The summed E-state index contributed by atoms with van der Waals surface area (Å²) in [7, 11) is 0. The molecule has 0 amide bonds. The quantitative estimate of drug-likeness (QED) is 0.645. The molecule has 0 heterocycles. The molecule has 88 valence electrons. The molecule has 1 N–H and O–H groups in total. The van der Waals surface area contributed by atoms with Gasteiger partial charge in [-0.25, -0.2) is 0 Å². The molecule has 1 nitrogen and oxygen atoms in total. The fourth-order valence-corrected chi connectivity index (χ4v) is 2.43. The summed E-state index contributed by atoms with van der Waals surface area (Å²) in [5, 5.41) is 3.47. The molecule has 1 aliphatic rings. The zero-order chi connectivity index (χ0) is 10.9. The Hall–Kier alpha value is -0.460. The van der Waals surface area contributed by atoms with Crippen LogP contribution in [0.4, 0.5) is 0 Å². The minimum atomic E-state index is 1.01. The van der Waals surface area contributed by atoms with E-state index in [0.717, 1.165) is 5.92 Å². The van der Waals surface area contributed by atoms with Crippen LogP contribution in [0.3, 0.4) is 0 Å². The van der Waals surface area contributed by atoms with E-state index in [2.05, 4.69) is 25.4 Å². The number of hydrogen-bond donors (Lipinski definition) is 1. The van der Waals surface area contributed by atoms with Gasteiger partial charge >= 0.3 is 0 Å². The summed E-state index contributed by atoms with van der Waals surface area (Å²) in [6, 6.07) is 0. The van der Waals surface area contributed by atoms with Gasteiger partial charge in [-0.15, -0.1) is 0 Å². The van der Waals surface area contributed by atoms with Gasteiger partial charge in [0.15, 0.2) is 0 Å². The van der Waals surface area contributed by atoms with Crippen LogP contribution in [-0.2, 0) is 0 Å². The van der Waals surface area contributed by atoms with E-state index in [9.17, 15) is 0 Å². The third-order valence-electron chi connectivity index (χ3n) is 3.64. The van der Waals surface area contributed by atoms with Crippen molar-refractivity contribution >= 4 is 0 Å². The van der Waals surface area contributed by atoms with Crippen molar-refractivity contribution < 1.29 is 0 Å². The van der Waals surface area contributed by atoms with E-state index in [1.54, 1.807) is 5.57 Å². The van der Waals surface area contributed by atoms with Crippen LogP contribution in [0.5, 0.6) is 0 Å². The molecule has 0 aromatic heterocycles. The maximum atomic E-state index is 3.47. The van der Waals surface area contributed by atoms with Crippen molar-refractivity contribution in [2.75, 3.05) is 6.54 Å². The summed E-state index contributed by atoms with van der Waals surface area (Å²) >= 11 is 0. The lowest BCUT2D eigenvalue weighted by molar-refractivity contribution is 0.338. The fourth-order valence-electron chi connectivity index (χ4n) is 2.43. The first-order valence-corrected chi connectivity index (χ1v) is 6.78. The molecular weight excluding hydrogens is 182 g/mol. The van der Waals surface area contributed by atoms with Gasteiger partial charge in [-0.1, -0.05) is 51.5 Å². The SMILES string of the molecule is CCC(=CNCCC1CCCCC1)CC. The third kappa shape index (κ3) is 5.25. The molecule has 0 saturated heterocycles. The topological polar surface area (TPSA) is 12.0 Å². The summed E-state index contributed by atoms with van der Waals surface area (Å²) in [4.78, 5) is 0. The van der Waals surface area contributed by atoms with E-state index in [0.29, 0.717) is 0 Å². The minimum absolute atomic E-state index is 1.01. The molecule has 0 aromatic rings. The van der Waals surface area contributed by atoms with Crippen molar-refractivity contribution in [1.82, 2.24) is 5.32 Å². The Labute approximate surface area is 95.3 Å². The first-order chi connectivity index (χ1) is 7.36. The smallest absolute Gasteiger partial charge is 0.0144 e. The minimum Gasteiger partial charge on any atom is -0.391 e. The zero-order valence-corrected chi connectivity index (χ0v) is 10.5. The zero-order valence-electron chi connectivity index (χ0n) is 10.5. The van der Waals surface area contributed by atoms with Gasteiger partial charge < -0.3 is 5.32 Å². The lowest BCUT2D eigenvalue weighted by Crippen LogP contribution is -2.15. The maximum Gasteiger partial charge on any atom is 0.0144 e. The highest BCUT2D eigenvalue weighted by Crippen LogP contribution is 2.25. The molecule has 0 unspecified atom stereocenters. The highest BCUT2D eigenvalue weighted by Gasteiger charge is 2.11. The van der Waals surface area contributed by atoms with Crippen molar-refractivity contribution in [3.8, 4) is 0 Å². The van der Waals surface area contributed by atoms with Crippen LogP contribution in [0.25, 0.3) is 0 Å². The van der Waals surface area contributed by atoms with Crippen molar-refractivity contribution in [3.63, 3.8) is 0 Å². The van der Waals surface area contributed by atoms with E-state index >= 15 is 0 Å². The monoisotopic (exact) mass is 209 g/mol. The van der Waals surface area contributed by atoms with Crippen LogP contribution >= 0.6 is 0 Å². The van der Waals surface area contributed by atoms with E-state index in [1.165, 1.54) is 57.9 Å². The lowest BCUT2D eigenvalue weighted by atomic mass is 9.87. The number of allylic oxidation sites excluding steroid dienone is 1. The van der Waals surface area contributed by atoms with Gasteiger partial charge in [-0.3, -0.25) is 0 Å². The normalized spacial score (nSPS) is 17.5. The molecule has 1 fully saturated rings. The average Bonchev–Trinajstić information content (AvgIpc) is 2.31. The van der Waals surface area contributed by atoms with Crippen molar-refractivity contribution in [2.24, 2.45) is 5.92 Å². The van der Waals surface area contributed by atoms with Crippen molar-refractivity contribution in [3.05, 3.63) is 11.8 Å². The van der Waals surface area contributed by atoms with Gasteiger partial charge in [0, 0.05) is 6.54 Å². The molecule has 0 spiro atoms. The largest absolute Gasteiger partial charge is 0.391 e. The molecule has 0 aromatic carbocycles. The van der Waals surface area contributed by atoms with Gasteiger partial charge in [-0.2, -0.15) is 0 Å². The molecule has 1 saturated carbocycles. The van der Waals surface area contributed by atoms with E-state index in [-0.39, 0.29) is 0 Å².